The quantitative estimate of drug-likeness (QED) is 0.237. The Hall–Kier alpha value is -3.16. The molecule has 154 valence electrons. The fraction of sp³-hybridized carbons (Fsp3) is 0.0417. The van der Waals surface area contributed by atoms with Gasteiger partial charge >= 0.3 is 0 Å². The summed E-state index contributed by atoms with van der Waals surface area (Å²) >= 11 is 4.71. The van der Waals surface area contributed by atoms with Crippen LogP contribution in [0.4, 0.5) is 0 Å². The summed E-state index contributed by atoms with van der Waals surface area (Å²) in [4.78, 5) is 15.1. The largest absolute Gasteiger partial charge is 0.467 e. The molecule has 0 aliphatic carbocycles. The number of hydrogen-bond donors (Lipinski definition) is 0. The molecule has 1 amide bonds. The van der Waals surface area contributed by atoms with Crippen LogP contribution < -0.4 is 0 Å². The predicted octanol–water partition coefficient (Wildman–Crippen LogP) is 6.10. The average molecular weight is 492 g/mol. The first kappa shape index (κ1) is 21.1. The van der Waals surface area contributed by atoms with E-state index in [-0.39, 0.29) is 5.91 Å². The molecule has 2 aromatic carbocycles. The van der Waals surface area contributed by atoms with Crippen molar-refractivity contribution in [1.29, 1.82) is 0 Å². The number of carbonyl (C=O) groups is 1. The number of carbonyl (C=O) groups excluding carboxylic acids is 1. The van der Waals surface area contributed by atoms with Gasteiger partial charge in [0.1, 0.15) is 5.76 Å². The Labute approximate surface area is 193 Å². The van der Waals surface area contributed by atoms with Gasteiger partial charge in [-0.15, -0.1) is 5.10 Å². The van der Waals surface area contributed by atoms with Crippen molar-refractivity contribution in [2.75, 3.05) is 0 Å². The number of benzene rings is 2. The van der Waals surface area contributed by atoms with Crippen LogP contribution in [-0.2, 0) is 11.3 Å². The van der Waals surface area contributed by atoms with Gasteiger partial charge in [-0.1, -0.05) is 70.5 Å². The highest BCUT2D eigenvalue weighted by Gasteiger charge is 2.33. The standard InChI is InChI=1S/C24H18BrN3O2S/c25-20-13-11-19(12-14-20)16-26-27-24-28(17-21-9-5-15-30-21)23(29)22(31-24)10-4-8-18-6-2-1-3-7-18/h1-16H,17H2/b8-4+,22-10-,26-16+,27-24-. The van der Waals surface area contributed by atoms with Crippen molar-refractivity contribution in [2.45, 2.75) is 6.54 Å². The van der Waals surface area contributed by atoms with E-state index in [1.54, 1.807) is 29.5 Å². The van der Waals surface area contributed by atoms with Crippen LogP contribution in [0.25, 0.3) is 6.08 Å². The first-order valence-electron chi connectivity index (χ1n) is 9.51. The Bertz CT molecular complexity index is 1150. The van der Waals surface area contributed by atoms with E-state index in [1.807, 2.05) is 72.8 Å². The number of amides is 1. The van der Waals surface area contributed by atoms with Crippen LogP contribution in [0.2, 0.25) is 0 Å². The molecular weight excluding hydrogens is 474 g/mol. The van der Waals surface area contributed by atoms with Crippen LogP contribution in [-0.4, -0.2) is 22.2 Å². The highest BCUT2D eigenvalue weighted by Crippen LogP contribution is 2.32. The number of hydrogen-bond acceptors (Lipinski definition) is 5. The first-order valence-corrected chi connectivity index (χ1v) is 11.1. The molecule has 0 N–H and O–H groups in total. The predicted molar refractivity (Wildman–Crippen MR) is 130 cm³/mol. The maximum Gasteiger partial charge on any atom is 0.267 e. The minimum absolute atomic E-state index is 0.128. The molecule has 1 saturated heterocycles. The molecule has 3 aromatic rings. The van der Waals surface area contributed by atoms with Crippen molar-refractivity contribution >= 4 is 51.1 Å². The summed E-state index contributed by atoms with van der Waals surface area (Å²) in [5, 5.41) is 9.00. The minimum Gasteiger partial charge on any atom is -0.467 e. The number of thioether (sulfide) groups is 1. The Kier molecular flexibility index (Phi) is 6.96. The van der Waals surface area contributed by atoms with Gasteiger partial charge in [-0.05, 0) is 53.2 Å². The van der Waals surface area contributed by atoms with Gasteiger partial charge in [-0.25, -0.2) is 0 Å². The summed E-state index contributed by atoms with van der Waals surface area (Å²) in [6, 6.07) is 21.3. The zero-order valence-corrected chi connectivity index (χ0v) is 18.8. The topological polar surface area (TPSA) is 58.2 Å². The Morgan fingerprint density at radius 2 is 1.81 bits per heavy atom. The molecule has 1 aliphatic rings. The lowest BCUT2D eigenvalue weighted by atomic mass is 10.2. The molecule has 0 spiro atoms. The van der Waals surface area contributed by atoms with Gasteiger partial charge in [0, 0.05) is 4.47 Å². The van der Waals surface area contributed by atoms with E-state index in [9.17, 15) is 4.79 Å². The second kappa shape index (κ2) is 10.2. The van der Waals surface area contributed by atoms with E-state index < -0.39 is 0 Å². The fourth-order valence-corrected chi connectivity index (χ4v) is 3.95. The van der Waals surface area contributed by atoms with Crippen molar-refractivity contribution in [3.05, 3.63) is 111 Å². The maximum atomic E-state index is 13.0. The van der Waals surface area contributed by atoms with Crippen molar-refractivity contribution in [3.63, 3.8) is 0 Å². The van der Waals surface area contributed by atoms with Crippen LogP contribution in [0.15, 0.2) is 109 Å². The lowest BCUT2D eigenvalue weighted by Crippen LogP contribution is -2.28. The Balaban J connectivity index is 1.55. The molecule has 5 nitrogen and oxygen atoms in total. The molecule has 0 unspecified atom stereocenters. The summed E-state index contributed by atoms with van der Waals surface area (Å²) in [6.07, 6.45) is 8.88. The monoisotopic (exact) mass is 491 g/mol. The molecule has 31 heavy (non-hydrogen) atoms. The number of rotatable bonds is 6. The second-order valence-electron chi connectivity index (χ2n) is 6.55. The van der Waals surface area contributed by atoms with Crippen LogP contribution in [0.3, 0.4) is 0 Å². The normalized spacial score (nSPS) is 17.1. The summed E-state index contributed by atoms with van der Waals surface area (Å²) in [5.74, 6) is 0.552. The highest BCUT2D eigenvalue weighted by molar-refractivity contribution is 9.10. The Morgan fingerprint density at radius 3 is 2.55 bits per heavy atom. The number of amidine groups is 1. The number of furan rings is 1. The molecule has 4 rings (SSSR count). The van der Waals surface area contributed by atoms with Gasteiger partial charge in [0.2, 0.25) is 0 Å². The van der Waals surface area contributed by atoms with Gasteiger partial charge < -0.3 is 4.42 Å². The first-order chi connectivity index (χ1) is 15.2. The number of allylic oxidation sites excluding steroid dienone is 2. The van der Waals surface area contributed by atoms with Crippen molar-refractivity contribution in [1.82, 2.24) is 4.90 Å². The van der Waals surface area contributed by atoms with E-state index in [4.69, 9.17) is 4.42 Å². The van der Waals surface area contributed by atoms with Crippen molar-refractivity contribution in [2.24, 2.45) is 10.2 Å². The molecule has 0 bridgehead atoms. The Morgan fingerprint density at radius 1 is 1.00 bits per heavy atom. The number of nitrogens with zero attached hydrogens (tertiary/aromatic N) is 3. The van der Waals surface area contributed by atoms with Crippen molar-refractivity contribution in [3.8, 4) is 0 Å². The third kappa shape index (κ3) is 5.71. The smallest absolute Gasteiger partial charge is 0.267 e. The third-order valence-corrected chi connectivity index (χ3v) is 5.88. The van der Waals surface area contributed by atoms with E-state index in [1.165, 1.54) is 11.8 Å². The zero-order chi connectivity index (χ0) is 21.5. The van der Waals surface area contributed by atoms with E-state index in [2.05, 4.69) is 26.1 Å². The molecule has 0 atom stereocenters. The number of halogens is 1. The molecule has 0 saturated carbocycles. The fourth-order valence-electron chi connectivity index (χ4n) is 2.80. The molecule has 7 heteroatoms. The van der Waals surface area contributed by atoms with Gasteiger partial charge in [0.05, 0.1) is 23.9 Å². The van der Waals surface area contributed by atoms with Crippen LogP contribution in [0, 0.1) is 0 Å². The molecule has 1 aliphatic heterocycles. The van der Waals surface area contributed by atoms with Crippen molar-refractivity contribution < 1.29 is 9.21 Å². The van der Waals surface area contributed by atoms with E-state index in [0.717, 1.165) is 15.6 Å². The van der Waals surface area contributed by atoms with E-state index >= 15 is 0 Å². The molecule has 1 aromatic heterocycles. The summed E-state index contributed by atoms with van der Waals surface area (Å²) in [5.41, 5.74) is 1.98. The second-order valence-corrected chi connectivity index (χ2v) is 8.48. The van der Waals surface area contributed by atoms with Gasteiger partial charge in [0.25, 0.3) is 5.91 Å². The zero-order valence-electron chi connectivity index (χ0n) is 16.4. The minimum atomic E-state index is -0.128. The highest BCUT2D eigenvalue weighted by atomic mass is 79.9. The molecular formula is C24H18BrN3O2S. The average Bonchev–Trinajstić information content (AvgIpc) is 3.40. The molecule has 0 radical (unpaired) electrons. The molecule has 1 fully saturated rings. The van der Waals surface area contributed by atoms with Gasteiger partial charge in [0.15, 0.2) is 5.17 Å². The SMILES string of the molecule is O=C1/C(=C/C=C/c2ccccc2)S/C(=N\N=C\c2ccc(Br)cc2)N1Cc1ccco1. The summed E-state index contributed by atoms with van der Waals surface area (Å²) < 4.78 is 6.41. The van der Waals surface area contributed by atoms with Crippen LogP contribution >= 0.6 is 27.7 Å². The maximum absolute atomic E-state index is 13.0. The lowest BCUT2D eigenvalue weighted by molar-refractivity contribution is -0.122. The lowest BCUT2D eigenvalue weighted by Gasteiger charge is -2.12. The summed E-state index contributed by atoms with van der Waals surface area (Å²) in [7, 11) is 0. The van der Waals surface area contributed by atoms with Gasteiger partial charge in [-0.2, -0.15) is 5.10 Å². The third-order valence-electron chi connectivity index (χ3n) is 4.34. The van der Waals surface area contributed by atoms with Crippen LogP contribution in [0.1, 0.15) is 16.9 Å². The molecule has 2 heterocycles. The van der Waals surface area contributed by atoms with E-state index in [0.29, 0.717) is 22.4 Å². The van der Waals surface area contributed by atoms with Gasteiger partial charge in [-0.3, -0.25) is 9.69 Å². The van der Waals surface area contributed by atoms with Crippen LogP contribution in [0.5, 0.6) is 0 Å². The summed E-state index contributed by atoms with van der Waals surface area (Å²) in [6.45, 7) is 0.297.